The van der Waals surface area contributed by atoms with Gasteiger partial charge in [-0.25, -0.2) is 0 Å². The van der Waals surface area contributed by atoms with E-state index in [1.165, 1.54) is 11.8 Å². The maximum Gasteiger partial charge on any atom is 0.251 e. The van der Waals surface area contributed by atoms with Crippen LogP contribution in [0.15, 0.2) is 89.8 Å². The molecule has 1 atom stereocenters. The van der Waals surface area contributed by atoms with Gasteiger partial charge in [-0.05, 0) is 48.2 Å². The van der Waals surface area contributed by atoms with E-state index >= 15 is 0 Å². The fourth-order valence-electron chi connectivity index (χ4n) is 3.09. The van der Waals surface area contributed by atoms with Crippen molar-refractivity contribution in [2.24, 2.45) is 0 Å². The van der Waals surface area contributed by atoms with E-state index in [2.05, 4.69) is 10.6 Å². The number of benzene rings is 3. The van der Waals surface area contributed by atoms with E-state index in [9.17, 15) is 9.59 Å². The van der Waals surface area contributed by atoms with Crippen LogP contribution in [0, 0.1) is 0 Å². The number of amides is 2. The Morgan fingerprint density at radius 2 is 1.50 bits per heavy atom. The van der Waals surface area contributed by atoms with Crippen molar-refractivity contribution in [3.8, 4) is 0 Å². The fourth-order valence-corrected chi connectivity index (χ4v) is 4.16. The van der Waals surface area contributed by atoms with Crippen molar-refractivity contribution in [2.45, 2.75) is 35.6 Å². The molecule has 0 aliphatic heterocycles. The highest BCUT2D eigenvalue weighted by Crippen LogP contribution is 2.35. The summed E-state index contributed by atoms with van der Waals surface area (Å²) in [6.07, 6.45) is 2.14. The minimum absolute atomic E-state index is 0.0310. The molecule has 30 heavy (non-hydrogen) atoms. The molecule has 5 heteroatoms. The van der Waals surface area contributed by atoms with E-state index in [1.807, 2.05) is 84.9 Å². The van der Waals surface area contributed by atoms with Gasteiger partial charge in [-0.2, -0.15) is 0 Å². The zero-order chi connectivity index (χ0) is 20.8. The first-order chi connectivity index (χ1) is 14.7. The van der Waals surface area contributed by atoms with Crippen molar-refractivity contribution in [1.82, 2.24) is 10.6 Å². The van der Waals surface area contributed by atoms with Gasteiger partial charge in [0.2, 0.25) is 5.91 Å². The molecule has 0 aromatic heterocycles. The molecule has 1 aliphatic rings. The summed E-state index contributed by atoms with van der Waals surface area (Å²) >= 11 is 1.54. The highest BCUT2D eigenvalue weighted by Gasteiger charge is 2.24. The third-order valence-electron chi connectivity index (χ3n) is 4.93. The van der Waals surface area contributed by atoms with Crippen LogP contribution in [-0.4, -0.2) is 17.9 Å². The van der Waals surface area contributed by atoms with Crippen molar-refractivity contribution >= 4 is 23.6 Å². The predicted octanol–water partition coefficient (Wildman–Crippen LogP) is 4.73. The Balaban J connectivity index is 1.40. The third kappa shape index (κ3) is 5.51. The van der Waals surface area contributed by atoms with E-state index in [0.29, 0.717) is 18.2 Å². The van der Waals surface area contributed by atoms with Crippen LogP contribution in [0.1, 0.15) is 39.6 Å². The van der Waals surface area contributed by atoms with Gasteiger partial charge in [0.25, 0.3) is 5.91 Å². The standard InChI is InChI=1S/C25H24N2O2S/c28-24(27-21-15-16-21)20-13-11-18(12-14-20)17-26-25(29)23(19-7-3-1-4-8-19)30-22-9-5-2-6-10-22/h1-14,21,23H,15-17H2,(H,26,29)(H,27,28). The van der Waals surface area contributed by atoms with E-state index < -0.39 is 0 Å². The van der Waals surface area contributed by atoms with E-state index in [0.717, 1.165) is 28.9 Å². The highest BCUT2D eigenvalue weighted by molar-refractivity contribution is 8.00. The van der Waals surface area contributed by atoms with Crippen molar-refractivity contribution in [3.05, 3.63) is 102 Å². The summed E-state index contributed by atoms with van der Waals surface area (Å²) in [5, 5.41) is 5.70. The minimum Gasteiger partial charge on any atom is -0.351 e. The summed E-state index contributed by atoms with van der Waals surface area (Å²) in [4.78, 5) is 26.2. The summed E-state index contributed by atoms with van der Waals surface area (Å²) in [5.74, 6) is -0.0675. The van der Waals surface area contributed by atoms with Crippen LogP contribution in [0.2, 0.25) is 0 Å². The maximum absolute atomic E-state index is 13.0. The molecule has 1 aliphatic carbocycles. The summed E-state index contributed by atoms with van der Waals surface area (Å²) in [6, 6.07) is 27.5. The predicted molar refractivity (Wildman–Crippen MR) is 120 cm³/mol. The van der Waals surface area contributed by atoms with Crippen LogP contribution in [-0.2, 0) is 11.3 Å². The van der Waals surface area contributed by atoms with Crippen LogP contribution in [0.25, 0.3) is 0 Å². The van der Waals surface area contributed by atoms with Gasteiger partial charge in [-0.3, -0.25) is 9.59 Å². The Hall–Kier alpha value is -3.05. The first kappa shape index (κ1) is 20.2. The fraction of sp³-hybridized carbons (Fsp3) is 0.200. The zero-order valence-electron chi connectivity index (χ0n) is 16.6. The Bertz CT molecular complexity index is 987. The minimum atomic E-state index is -0.336. The quantitative estimate of drug-likeness (QED) is 0.522. The molecule has 2 amide bonds. The van der Waals surface area contributed by atoms with Crippen LogP contribution < -0.4 is 10.6 Å². The molecule has 3 aromatic rings. The molecule has 2 N–H and O–H groups in total. The molecule has 0 spiro atoms. The van der Waals surface area contributed by atoms with Crippen LogP contribution in [0.3, 0.4) is 0 Å². The lowest BCUT2D eigenvalue weighted by Gasteiger charge is -2.17. The van der Waals surface area contributed by atoms with Crippen molar-refractivity contribution in [2.75, 3.05) is 0 Å². The van der Waals surface area contributed by atoms with Gasteiger partial charge in [0.1, 0.15) is 5.25 Å². The summed E-state index contributed by atoms with van der Waals surface area (Å²) < 4.78 is 0. The first-order valence-electron chi connectivity index (χ1n) is 10.1. The van der Waals surface area contributed by atoms with E-state index in [-0.39, 0.29) is 17.1 Å². The Labute approximate surface area is 181 Å². The molecule has 4 rings (SSSR count). The number of carbonyl (C=O) groups excluding carboxylic acids is 2. The molecular weight excluding hydrogens is 392 g/mol. The molecule has 0 radical (unpaired) electrons. The molecule has 1 saturated carbocycles. The van der Waals surface area contributed by atoms with E-state index in [4.69, 9.17) is 0 Å². The lowest BCUT2D eigenvalue weighted by atomic mass is 10.1. The van der Waals surface area contributed by atoms with Gasteiger partial charge < -0.3 is 10.6 Å². The zero-order valence-corrected chi connectivity index (χ0v) is 17.4. The van der Waals surface area contributed by atoms with Gasteiger partial charge in [0, 0.05) is 23.0 Å². The smallest absolute Gasteiger partial charge is 0.251 e. The molecule has 1 fully saturated rings. The monoisotopic (exact) mass is 416 g/mol. The summed E-state index contributed by atoms with van der Waals surface area (Å²) in [6.45, 7) is 0.419. The number of hydrogen-bond acceptors (Lipinski definition) is 3. The average molecular weight is 417 g/mol. The number of hydrogen-bond donors (Lipinski definition) is 2. The lowest BCUT2D eigenvalue weighted by molar-refractivity contribution is -0.120. The molecule has 1 unspecified atom stereocenters. The average Bonchev–Trinajstić information content (AvgIpc) is 3.61. The topological polar surface area (TPSA) is 58.2 Å². The maximum atomic E-state index is 13.0. The third-order valence-corrected chi connectivity index (χ3v) is 6.20. The first-order valence-corrected chi connectivity index (χ1v) is 11.0. The Morgan fingerprint density at radius 1 is 0.867 bits per heavy atom. The Kier molecular flexibility index (Phi) is 6.50. The second kappa shape index (κ2) is 9.63. The Morgan fingerprint density at radius 3 is 2.13 bits per heavy atom. The van der Waals surface area contributed by atoms with Crippen LogP contribution in [0.5, 0.6) is 0 Å². The second-order valence-electron chi connectivity index (χ2n) is 7.38. The van der Waals surface area contributed by atoms with Crippen molar-refractivity contribution < 1.29 is 9.59 Å². The summed E-state index contributed by atoms with van der Waals surface area (Å²) in [5.41, 5.74) is 2.58. The normalized spacial score (nSPS) is 14.0. The van der Waals surface area contributed by atoms with Gasteiger partial charge in [0.05, 0.1) is 0 Å². The van der Waals surface area contributed by atoms with Crippen LogP contribution in [0.4, 0.5) is 0 Å². The highest BCUT2D eigenvalue weighted by atomic mass is 32.2. The van der Waals surface area contributed by atoms with Gasteiger partial charge >= 0.3 is 0 Å². The molecular formula is C25H24N2O2S. The number of carbonyl (C=O) groups is 2. The SMILES string of the molecule is O=C(NC1CC1)c1ccc(CNC(=O)C(Sc2ccccc2)c2ccccc2)cc1. The van der Waals surface area contributed by atoms with Gasteiger partial charge in [0.15, 0.2) is 0 Å². The van der Waals surface area contributed by atoms with E-state index in [1.54, 1.807) is 0 Å². The second-order valence-corrected chi connectivity index (χ2v) is 8.56. The van der Waals surface area contributed by atoms with Gasteiger partial charge in [-0.1, -0.05) is 60.7 Å². The molecule has 4 nitrogen and oxygen atoms in total. The van der Waals surface area contributed by atoms with Crippen molar-refractivity contribution in [3.63, 3.8) is 0 Å². The lowest BCUT2D eigenvalue weighted by Crippen LogP contribution is -2.28. The molecule has 152 valence electrons. The number of nitrogens with one attached hydrogen (secondary N) is 2. The number of thioether (sulfide) groups is 1. The molecule has 0 saturated heterocycles. The molecule has 3 aromatic carbocycles. The molecule has 0 heterocycles. The van der Waals surface area contributed by atoms with Crippen molar-refractivity contribution in [1.29, 1.82) is 0 Å². The number of rotatable bonds is 8. The van der Waals surface area contributed by atoms with Gasteiger partial charge in [-0.15, -0.1) is 11.8 Å². The molecule has 0 bridgehead atoms. The van der Waals surface area contributed by atoms with Crippen LogP contribution >= 0.6 is 11.8 Å². The largest absolute Gasteiger partial charge is 0.351 e. The summed E-state index contributed by atoms with van der Waals surface area (Å²) in [7, 11) is 0.